The standard InChI is InChI=1S/C19H22N4O2S/c1-5-12-9-14(17(25)10-16(12)24)18-20-21-19(26)23(18)15-7-6-13(22(3)4)8-11(15)2/h6-10,24-25H,5H2,1-4H3,(H,21,26). The number of nitrogens with zero attached hydrogens (tertiary/aromatic N) is 3. The van der Waals surface area contributed by atoms with Gasteiger partial charge in [-0.1, -0.05) is 6.92 Å². The maximum atomic E-state index is 10.4. The van der Waals surface area contributed by atoms with E-state index in [0.717, 1.165) is 22.5 Å². The van der Waals surface area contributed by atoms with Gasteiger partial charge in [-0.15, -0.1) is 0 Å². The second-order valence-corrected chi connectivity index (χ2v) is 6.79. The van der Waals surface area contributed by atoms with Crippen LogP contribution in [0.3, 0.4) is 0 Å². The van der Waals surface area contributed by atoms with E-state index in [2.05, 4.69) is 16.3 Å². The molecule has 3 aromatic rings. The Bertz CT molecular complexity index is 1020. The van der Waals surface area contributed by atoms with E-state index in [9.17, 15) is 10.2 Å². The fourth-order valence-electron chi connectivity index (χ4n) is 2.95. The van der Waals surface area contributed by atoms with Gasteiger partial charge in [-0.3, -0.25) is 9.67 Å². The molecule has 0 spiro atoms. The second-order valence-electron chi connectivity index (χ2n) is 6.40. The van der Waals surface area contributed by atoms with Crippen molar-refractivity contribution in [2.24, 2.45) is 0 Å². The smallest absolute Gasteiger partial charge is 0.200 e. The Morgan fingerprint density at radius 2 is 1.88 bits per heavy atom. The van der Waals surface area contributed by atoms with Crippen LogP contribution in [0.4, 0.5) is 5.69 Å². The van der Waals surface area contributed by atoms with Crippen molar-refractivity contribution in [3.05, 3.63) is 46.2 Å². The van der Waals surface area contributed by atoms with Crippen molar-refractivity contribution >= 4 is 17.9 Å². The van der Waals surface area contributed by atoms with Crippen LogP contribution in [0, 0.1) is 11.7 Å². The zero-order chi connectivity index (χ0) is 19.0. The molecule has 3 N–H and O–H groups in total. The summed E-state index contributed by atoms with van der Waals surface area (Å²) >= 11 is 5.43. The molecule has 3 rings (SSSR count). The van der Waals surface area contributed by atoms with Crippen LogP contribution in [0.5, 0.6) is 11.5 Å². The van der Waals surface area contributed by atoms with Crippen LogP contribution in [0.25, 0.3) is 17.1 Å². The number of rotatable bonds is 4. The molecule has 0 saturated carbocycles. The third-order valence-electron chi connectivity index (χ3n) is 4.43. The van der Waals surface area contributed by atoms with E-state index in [1.165, 1.54) is 6.07 Å². The maximum absolute atomic E-state index is 10.4. The molecular weight excluding hydrogens is 348 g/mol. The number of aromatic hydroxyl groups is 2. The fraction of sp³-hybridized carbons (Fsp3) is 0.263. The van der Waals surface area contributed by atoms with Crippen LogP contribution >= 0.6 is 12.2 Å². The van der Waals surface area contributed by atoms with Gasteiger partial charge in [-0.2, -0.15) is 5.10 Å². The fourth-order valence-corrected chi connectivity index (χ4v) is 3.18. The number of H-pyrrole nitrogens is 1. The van der Waals surface area contributed by atoms with E-state index in [1.54, 1.807) is 10.6 Å². The van der Waals surface area contributed by atoms with Crippen molar-refractivity contribution in [2.75, 3.05) is 19.0 Å². The molecule has 0 fully saturated rings. The molecule has 0 bridgehead atoms. The number of aromatic nitrogens is 3. The number of phenols is 2. The number of aromatic amines is 1. The molecule has 0 aliphatic heterocycles. The Labute approximate surface area is 157 Å². The van der Waals surface area contributed by atoms with Crippen molar-refractivity contribution in [3.63, 3.8) is 0 Å². The lowest BCUT2D eigenvalue weighted by atomic mass is 10.1. The van der Waals surface area contributed by atoms with Crippen LogP contribution in [0.1, 0.15) is 18.1 Å². The summed E-state index contributed by atoms with van der Waals surface area (Å²) in [5.41, 5.74) is 4.25. The lowest BCUT2D eigenvalue weighted by Gasteiger charge is -2.16. The van der Waals surface area contributed by atoms with E-state index in [0.29, 0.717) is 22.6 Å². The predicted molar refractivity (Wildman–Crippen MR) is 106 cm³/mol. The number of aryl methyl sites for hydroxylation is 2. The van der Waals surface area contributed by atoms with Crippen LogP contribution < -0.4 is 4.90 Å². The molecule has 0 unspecified atom stereocenters. The minimum atomic E-state index is -0.0440. The summed E-state index contributed by atoms with van der Waals surface area (Å²) in [6.07, 6.45) is 0.640. The quantitative estimate of drug-likeness (QED) is 0.606. The summed E-state index contributed by atoms with van der Waals surface area (Å²) in [5, 5.41) is 27.5. The predicted octanol–water partition coefficient (Wildman–Crippen LogP) is 3.94. The van der Waals surface area contributed by atoms with Crippen LogP contribution in [-0.2, 0) is 6.42 Å². The van der Waals surface area contributed by atoms with Crippen LogP contribution in [0.2, 0.25) is 0 Å². The topological polar surface area (TPSA) is 77.3 Å². The van der Waals surface area contributed by atoms with Gasteiger partial charge in [0, 0.05) is 25.8 Å². The minimum absolute atomic E-state index is 0.0440. The molecule has 0 saturated heterocycles. The molecule has 0 aliphatic carbocycles. The highest BCUT2D eigenvalue weighted by Gasteiger charge is 2.18. The van der Waals surface area contributed by atoms with Gasteiger partial charge >= 0.3 is 0 Å². The Hall–Kier alpha value is -2.80. The number of phenolic OH excluding ortho intramolecular Hbond substituents is 2. The highest BCUT2D eigenvalue weighted by Crippen LogP contribution is 2.36. The lowest BCUT2D eigenvalue weighted by molar-refractivity contribution is 0.447. The SMILES string of the molecule is CCc1cc(-c2n[nH]c(=S)n2-c2ccc(N(C)C)cc2C)c(O)cc1O. The lowest BCUT2D eigenvalue weighted by Crippen LogP contribution is -2.09. The molecule has 6 nitrogen and oxygen atoms in total. The molecule has 0 atom stereocenters. The molecule has 26 heavy (non-hydrogen) atoms. The summed E-state index contributed by atoms with van der Waals surface area (Å²) in [4.78, 5) is 2.03. The first kappa shape index (κ1) is 18.0. The van der Waals surface area contributed by atoms with Crippen LogP contribution in [0.15, 0.2) is 30.3 Å². The third kappa shape index (κ3) is 3.06. The van der Waals surface area contributed by atoms with Gasteiger partial charge in [-0.05, 0) is 61.0 Å². The number of benzene rings is 2. The Morgan fingerprint density at radius 1 is 1.15 bits per heavy atom. The zero-order valence-corrected chi connectivity index (χ0v) is 16.1. The first-order valence-corrected chi connectivity index (χ1v) is 8.75. The van der Waals surface area contributed by atoms with Crippen molar-refractivity contribution in [1.82, 2.24) is 14.8 Å². The van der Waals surface area contributed by atoms with Gasteiger partial charge in [-0.25, -0.2) is 0 Å². The molecule has 2 aromatic carbocycles. The molecule has 7 heteroatoms. The van der Waals surface area contributed by atoms with Crippen molar-refractivity contribution < 1.29 is 10.2 Å². The number of hydrogen-bond acceptors (Lipinski definition) is 5. The van der Waals surface area contributed by atoms with Gasteiger partial charge in [0.05, 0.1) is 11.3 Å². The molecule has 136 valence electrons. The Kier molecular flexibility index (Phi) is 4.73. The van der Waals surface area contributed by atoms with Crippen molar-refractivity contribution in [2.45, 2.75) is 20.3 Å². The normalized spacial score (nSPS) is 10.9. The van der Waals surface area contributed by atoms with E-state index >= 15 is 0 Å². The monoisotopic (exact) mass is 370 g/mol. The number of nitrogens with one attached hydrogen (secondary N) is 1. The van der Waals surface area contributed by atoms with Crippen LogP contribution in [-0.4, -0.2) is 39.1 Å². The Morgan fingerprint density at radius 3 is 2.50 bits per heavy atom. The summed E-state index contributed by atoms with van der Waals surface area (Å²) in [6.45, 7) is 3.95. The number of anilines is 1. The zero-order valence-electron chi connectivity index (χ0n) is 15.2. The highest BCUT2D eigenvalue weighted by atomic mass is 32.1. The molecule has 0 radical (unpaired) electrons. The second kappa shape index (κ2) is 6.84. The molecule has 1 heterocycles. The van der Waals surface area contributed by atoms with Gasteiger partial charge in [0.15, 0.2) is 10.6 Å². The highest BCUT2D eigenvalue weighted by molar-refractivity contribution is 7.71. The summed E-state index contributed by atoms with van der Waals surface area (Å²) in [7, 11) is 3.98. The average Bonchev–Trinajstić information content (AvgIpc) is 2.96. The molecule has 0 amide bonds. The minimum Gasteiger partial charge on any atom is -0.508 e. The molecule has 0 aliphatic rings. The Balaban J connectivity index is 2.22. The van der Waals surface area contributed by atoms with Gasteiger partial charge < -0.3 is 15.1 Å². The van der Waals surface area contributed by atoms with Gasteiger partial charge in [0.25, 0.3) is 0 Å². The summed E-state index contributed by atoms with van der Waals surface area (Å²) < 4.78 is 2.24. The largest absolute Gasteiger partial charge is 0.508 e. The van der Waals surface area contributed by atoms with Crippen molar-refractivity contribution in [3.8, 4) is 28.6 Å². The first-order chi connectivity index (χ1) is 12.3. The summed E-state index contributed by atoms with van der Waals surface area (Å²) in [6, 6.07) is 9.16. The van der Waals surface area contributed by atoms with E-state index in [1.807, 2.05) is 45.0 Å². The average molecular weight is 370 g/mol. The van der Waals surface area contributed by atoms with Gasteiger partial charge in [0.1, 0.15) is 11.5 Å². The van der Waals surface area contributed by atoms with E-state index < -0.39 is 0 Å². The first-order valence-electron chi connectivity index (χ1n) is 8.34. The maximum Gasteiger partial charge on any atom is 0.200 e. The van der Waals surface area contributed by atoms with E-state index in [4.69, 9.17) is 12.2 Å². The van der Waals surface area contributed by atoms with Crippen molar-refractivity contribution in [1.29, 1.82) is 0 Å². The molecular formula is C19H22N4O2S. The third-order valence-corrected chi connectivity index (χ3v) is 4.70. The molecule has 1 aromatic heterocycles. The van der Waals surface area contributed by atoms with Gasteiger partial charge in [0.2, 0.25) is 0 Å². The number of hydrogen-bond donors (Lipinski definition) is 3. The van der Waals surface area contributed by atoms with E-state index in [-0.39, 0.29) is 11.5 Å². The summed E-state index contributed by atoms with van der Waals surface area (Å²) in [5.74, 6) is 0.529.